The Morgan fingerprint density at radius 2 is 2.18 bits per heavy atom. The van der Waals surface area contributed by atoms with Crippen LogP contribution in [0.1, 0.15) is 12.8 Å². The zero-order chi connectivity index (χ0) is 12.1. The Morgan fingerprint density at radius 3 is 2.82 bits per heavy atom. The lowest BCUT2D eigenvalue weighted by atomic mass is 9.97. The number of hydrogen-bond acceptors (Lipinski definition) is 4. The van der Waals surface area contributed by atoms with E-state index in [0.29, 0.717) is 5.88 Å². The first-order valence-electron chi connectivity index (χ1n) is 6.24. The molecule has 17 heavy (non-hydrogen) atoms. The summed E-state index contributed by atoms with van der Waals surface area (Å²) in [5.41, 5.74) is 0. The normalized spacial score (nSPS) is 17.2. The van der Waals surface area contributed by atoms with E-state index in [2.05, 4.69) is 21.3 Å². The van der Waals surface area contributed by atoms with E-state index in [0.717, 1.165) is 31.4 Å². The molecule has 0 radical (unpaired) electrons. The van der Waals surface area contributed by atoms with Gasteiger partial charge in [-0.05, 0) is 38.4 Å². The molecule has 0 amide bonds. The van der Waals surface area contributed by atoms with Crippen molar-refractivity contribution in [1.82, 2.24) is 10.3 Å². The average Bonchev–Trinajstić information content (AvgIpc) is 2.40. The van der Waals surface area contributed by atoms with Gasteiger partial charge >= 0.3 is 0 Å². The summed E-state index contributed by atoms with van der Waals surface area (Å²) in [6.07, 6.45) is 2.47. The van der Waals surface area contributed by atoms with Crippen molar-refractivity contribution in [2.45, 2.75) is 12.8 Å². The zero-order valence-corrected chi connectivity index (χ0v) is 10.6. The van der Waals surface area contributed by atoms with Gasteiger partial charge < -0.3 is 15.0 Å². The fourth-order valence-electron chi connectivity index (χ4n) is 2.35. The summed E-state index contributed by atoms with van der Waals surface area (Å²) in [6, 6.07) is 5.94. The van der Waals surface area contributed by atoms with Gasteiger partial charge in [0, 0.05) is 19.2 Å². The van der Waals surface area contributed by atoms with Crippen LogP contribution in [0.25, 0.3) is 0 Å². The Bertz CT molecular complexity index is 348. The number of rotatable bonds is 4. The molecule has 4 heteroatoms. The van der Waals surface area contributed by atoms with Crippen LogP contribution in [0.5, 0.6) is 5.88 Å². The molecular formula is C13H21N3O. The molecule has 94 valence electrons. The Balaban J connectivity index is 1.95. The van der Waals surface area contributed by atoms with Gasteiger partial charge in [0.2, 0.25) is 5.88 Å². The molecule has 1 aromatic heterocycles. The standard InChI is InChI=1S/C13H21N3O/c1-14-10-11-6-8-16(9-7-11)12-4-3-5-13(15-12)17-2/h3-5,11,14H,6-10H2,1-2H3. The second kappa shape index (κ2) is 5.87. The summed E-state index contributed by atoms with van der Waals surface area (Å²) in [5, 5.41) is 3.26. The molecule has 2 heterocycles. The number of anilines is 1. The molecule has 1 aliphatic rings. The van der Waals surface area contributed by atoms with Crippen LogP contribution in [-0.4, -0.2) is 38.8 Å². The van der Waals surface area contributed by atoms with Gasteiger partial charge in [0.25, 0.3) is 0 Å². The predicted molar refractivity (Wildman–Crippen MR) is 69.7 cm³/mol. The summed E-state index contributed by atoms with van der Waals surface area (Å²) in [5.74, 6) is 2.54. The van der Waals surface area contributed by atoms with E-state index in [-0.39, 0.29) is 0 Å². The maximum absolute atomic E-state index is 5.16. The summed E-state index contributed by atoms with van der Waals surface area (Å²) < 4.78 is 5.16. The number of hydrogen-bond donors (Lipinski definition) is 1. The number of methoxy groups -OCH3 is 1. The van der Waals surface area contributed by atoms with Crippen LogP contribution in [0.15, 0.2) is 18.2 Å². The minimum Gasteiger partial charge on any atom is -0.481 e. The molecule has 1 aromatic rings. The smallest absolute Gasteiger partial charge is 0.214 e. The third kappa shape index (κ3) is 3.09. The van der Waals surface area contributed by atoms with Gasteiger partial charge in [-0.1, -0.05) is 6.07 Å². The van der Waals surface area contributed by atoms with Gasteiger partial charge in [-0.3, -0.25) is 0 Å². The highest BCUT2D eigenvalue weighted by Gasteiger charge is 2.19. The van der Waals surface area contributed by atoms with E-state index in [9.17, 15) is 0 Å². The van der Waals surface area contributed by atoms with Gasteiger partial charge in [-0.25, -0.2) is 0 Å². The predicted octanol–water partition coefficient (Wildman–Crippen LogP) is 1.53. The lowest BCUT2D eigenvalue weighted by molar-refractivity contribution is 0.385. The Morgan fingerprint density at radius 1 is 1.41 bits per heavy atom. The maximum Gasteiger partial charge on any atom is 0.214 e. The van der Waals surface area contributed by atoms with Crippen LogP contribution < -0.4 is 15.0 Å². The number of ether oxygens (including phenoxy) is 1. The van der Waals surface area contributed by atoms with Gasteiger partial charge in [-0.15, -0.1) is 0 Å². The van der Waals surface area contributed by atoms with Crippen molar-refractivity contribution in [3.05, 3.63) is 18.2 Å². The van der Waals surface area contributed by atoms with Crippen molar-refractivity contribution in [1.29, 1.82) is 0 Å². The molecule has 1 aliphatic heterocycles. The van der Waals surface area contributed by atoms with E-state index >= 15 is 0 Å². The number of nitrogens with zero attached hydrogens (tertiary/aromatic N) is 2. The van der Waals surface area contributed by atoms with Crippen molar-refractivity contribution < 1.29 is 4.74 Å². The van der Waals surface area contributed by atoms with E-state index < -0.39 is 0 Å². The third-order valence-corrected chi connectivity index (χ3v) is 3.35. The topological polar surface area (TPSA) is 37.4 Å². The monoisotopic (exact) mass is 235 g/mol. The first-order valence-corrected chi connectivity index (χ1v) is 6.24. The Labute approximate surface area is 103 Å². The molecule has 0 aromatic carbocycles. The third-order valence-electron chi connectivity index (χ3n) is 3.35. The minimum absolute atomic E-state index is 0.694. The summed E-state index contributed by atoms with van der Waals surface area (Å²) in [7, 11) is 3.68. The summed E-state index contributed by atoms with van der Waals surface area (Å²) in [6.45, 7) is 3.30. The molecule has 1 N–H and O–H groups in total. The highest BCUT2D eigenvalue weighted by atomic mass is 16.5. The highest BCUT2D eigenvalue weighted by molar-refractivity contribution is 5.41. The van der Waals surface area contributed by atoms with E-state index in [1.54, 1.807) is 7.11 Å². The van der Waals surface area contributed by atoms with Gasteiger partial charge in [0.15, 0.2) is 0 Å². The van der Waals surface area contributed by atoms with Crippen molar-refractivity contribution >= 4 is 5.82 Å². The van der Waals surface area contributed by atoms with Crippen molar-refractivity contribution in [2.24, 2.45) is 5.92 Å². The number of aromatic nitrogens is 1. The summed E-state index contributed by atoms with van der Waals surface area (Å²) >= 11 is 0. The largest absolute Gasteiger partial charge is 0.481 e. The fourth-order valence-corrected chi connectivity index (χ4v) is 2.35. The fraction of sp³-hybridized carbons (Fsp3) is 0.615. The van der Waals surface area contributed by atoms with Crippen LogP contribution in [0, 0.1) is 5.92 Å². The number of piperidine rings is 1. The summed E-state index contributed by atoms with van der Waals surface area (Å²) in [4.78, 5) is 6.82. The lowest BCUT2D eigenvalue weighted by Gasteiger charge is -2.32. The lowest BCUT2D eigenvalue weighted by Crippen LogP contribution is -2.37. The van der Waals surface area contributed by atoms with Gasteiger partial charge in [-0.2, -0.15) is 4.98 Å². The molecule has 0 unspecified atom stereocenters. The van der Waals surface area contributed by atoms with Crippen molar-refractivity contribution in [2.75, 3.05) is 38.7 Å². The Hall–Kier alpha value is -1.29. The molecule has 0 atom stereocenters. The van der Waals surface area contributed by atoms with Crippen LogP contribution in [0.3, 0.4) is 0 Å². The molecule has 0 aliphatic carbocycles. The minimum atomic E-state index is 0.694. The maximum atomic E-state index is 5.16. The zero-order valence-electron chi connectivity index (χ0n) is 10.6. The van der Waals surface area contributed by atoms with Crippen LogP contribution in [0.4, 0.5) is 5.82 Å². The second-order valence-electron chi connectivity index (χ2n) is 4.53. The molecule has 4 nitrogen and oxygen atoms in total. The molecular weight excluding hydrogens is 214 g/mol. The molecule has 0 bridgehead atoms. The van der Waals surface area contributed by atoms with Crippen LogP contribution in [0.2, 0.25) is 0 Å². The van der Waals surface area contributed by atoms with E-state index in [1.807, 2.05) is 19.2 Å². The van der Waals surface area contributed by atoms with Gasteiger partial charge in [0.1, 0.15) is 5.82 Å². The molecule has 2 rings (SSSR count). The van der Waals surface area contributed by atoms with Crippen LogP contribution >= 0.6 is 0 Å². The molecule has 0 spiro atoms. The highest BCUT2D eigenvalue weighted by Crippen LogP contribution is 2.22. The first kappa shape index (κ1) is 12.2. The van der Waals surface area contributed by atoms with Crippen molar-refractivity contribution in [3.8, 4) is 5.88 Å². The molecule has 1 saturated heterocycles. The first-order chi connectivity index (χ1) is 8.33. The average molecular weight is 235 g/mol. The molecule has 1 fully saturated rings. The second-order valence-corrected chi connectivity index (χ2v) is 4.53. The number of pyridine rings is 1. The van der Waals surface area contributed by atoms with E-state index in [4.69, 9.17) is 4.74 Å². The SMILES string of the molecule is CNCC1CCN(c2cccc(OC)n2)CC1. The van der Waals surface area contributed by atoms with Gasteiger partial charge in [0.05, 0.1) is 7.11 Å². The molecule has 0 saturated carbocycles. The number of nitrogens with one attached hydrogen (secondary N) is 1. The van der Waals surface area contributed by atoms with Crippen LogP contribution in [-0.2, 0) is 0 Å². The van der Waals surface area contributed by atoms with E-state index in [1.165, 1.54) is 12.8 Å². The Kier molecular flexibility index (Phi) is 4.20. The quantitative estimate of drug-likeness (QED) is 0.858. The van der Waals surface area contributed by atoms with Crippen molar-refractivity contribution in [3.63, 3.8) is 0 Å².